The zero-order valence-electron chi connectivity index (χ0n) is 12.1. The number of nitrogens with zero attached hydrogens (tertiary/aromatic N) is 3. The summed E-state index contributed by atoms with van der Waals surface area (Å²) < 4.78 is 1.64. The highest BCUT2D eigenvalue weighted by atomic mass is 16.3. The fourth-order valence-corrected chi connectivity index (χ4v) is 2.74. The van der Waals surface area contributed by atoms with Gasteiger partial charge in [-0.3, -0.25) is 0 Å². The number of nitrogen functional groups attached to an aromatic ring is 1. The third-order valence-corrected chi connectivity index (χ3v) is 3.74. The van der Waals surface area contributed by atoms with E-state index in [-0.39, 0.29) is 12.1 Å². The molecule has 110 valence electrons. The molecular weight excluding hydrogens is 254 g/mol. The van der Waals surface area contributed by atoms with Crippen LogP contribution < -0.4 is 11.1 Å². The van der Waals surface area contributed by atoms with Crippen LogP contribution in [0.25, 0.3) is 0 Å². The average molecular weight is 277 g/mol. The summed E-state index contributed by atoms with van der Waals surface area (Å²) in [5, 5.41) is 27.1. The number of aromatic nitrogens is 2. The van der Waals surface area contributed by atoms with Crippen LogP contribution in [-0.2, 0) is 0 Å². The highest BCUT2D eigenvalue weighted by Crippen LogP contribution is 2.32. The summed E-state index contributed by atoms with van der Waals surface area (Å²) in [6, 6.07) is 2.14. The summed E-state index contributed by atoms with van der Waals surface area (Å²) in [5.74, 6) is 0.859. The molecule has 2 unspecified atom stereocenters. The molecule has 20 heavy (non-hydrogen) atoms. The van der Waals surface area contributed by atoms with E-state index in [9.17, 15) is 10.4 Å². The Morgan fingerprint density at radius 3 is 2.75 bits per heavy atom. The number of anilines is 2. The first-order valence-electron chi connectivity index (χ1n) is 7.27. The zero-order valence-corrected chi connectivity index (χ0v) is 12.1. The lowest BCUT2D eigenvalue weighted by atomic mass is 10.1. The second kappa shape index (κ2) is 6.14. The standard InChI is InChI=1S/C14H23N5O/c1-9(2)17-14-10(8-15)13(16)19(18-14)11-6-4-3-5-7-12(11)20/h9,11-12,20H,3-7,16H2,1-2H3,(H,17,18). The van der Waals surface area contributed by atoms with Gasteiger partial charge >= 0.3 is 0 Å². The molecular formula is C14H23N5O. The third-order valence-electron chi connectivity index (χ3n) is 3.74. The first-order valence-corrected chi connectivity index (χ1v) is 7.27. The van der Waals surface area contributed by atoms with Crippen molar-refractivity contribution in [2.45, 2.75) is 64.1 Å². The van der Waals surface area contributed by atoms with Crippen molar-refractivity contribution in [2.75, 3.05) is 11.1 Å². The van der Waals surface area contributed by atoms with Gasteiger partial charge in [0, 0.05) is 6.04 Å². The van der Waals surface area contributed by atoms with Crippen molar-refractivity contribution in [3.05, 3.63) is 5.56 Å². The molecule has 1 aromatic heterocycles. The van der Waals surface area contributed by atoms with E-state index in [4.69, 9.17) is 5.73 Å². The fraction of sp³-hybridized carbons (Fsp3) is 0.714. The van der Waals surface area contributed by atoms with Gasteiger partial charge in [-0.2, -0.15) is 10.4 Å². The maximum atomic E-state index is 10.3. The predicted molar refractivity (Wildman–Crippen MR) is 78.2 cm³/mol. The van der Waals surface area contributed by atoms with Gasteiger partial charge in [-0.15, -0.1) is 0 Å². The number of nitrogens with two attached hydrogens (primary N) is 1. The van der Waals surface area contributed by atoms with Crippen LogP contribution >= 0.6 is 0 Å². The molecule has 0 aromatic carbocycles. The lowest BCUT2D eigenvalue weighted by Gasteiger charge is -2.21. The summed E-state index contributed by atoms with van der Waals surface area (Å²) >= 11 is 0. The number of hydrogen-bond acceptors (Lipinski definition) is 5. The summed E-state index contributed by atoms with van der Waals surface area (Å²) in [6.07, 6.45) is 4.37. The first-order chi connectivity index (χ1) is 9.54. The number of rotatable bonds is 3. The Kier molecular flexibility index (Phi) is 4.50. The molecule has 1 aliphatic rings. The van der Waals surface area contributed by atoms with Crippen LogP contribution in [-0.4, -0.2) is 27.0 Å². The Bertz CT molecular complexity index is 502. The van der Waals surface area contributed by atoms with Gasteiger partial charge in [0.05, 0.1) is 12.1 Å². The Labute approximate surface area is 119 Å². The molecule has 4 N–H and O–H groups in total. The second-order valence-corrected chi connectivity index (χ2v) is 5.74. The van der Waals surface area contributed by atoms with Crippen molar-refractivity contribution >= 4 is 11.6 Å². The lowest BCUT2D eigenvalue weighted by molar-refractivity contribution is 0.100. The van der Waals surface area contributed by atoms with E-state index < -0.39 is 6.10 Å². The Morgan fingerprint density at radius 1 is 1.40 bits per heavy atom. The summed E-state index contributed by atoms with van der Waals surface area (Å²) in [7, 11) is 0. The Hall–Kier alpha value is -1.74. The van der Waals surface area contributed by atoms with Crippen LogP contribution in [0.3, 0.4) is 0 Å². The molecule has 0 saturated heterocycles. The van der Waals surface area contributed by atoms with Gasteiger partial charge < -0.3 is 16.2 Å². The van der Waals surface area contributed by atoms with Gasteiger partial charge in [0.2, 0.25) is 0 Å². The first kappa shape index (κ1) is 14.7. The Balaban J connectivity index is 2.36. The molecule has 2 rings (SSSR count). The molecule has 1 saturated carbocycles. The molecule has 6 nitrogen and oxygen atoms in total. The number of hydrogen-bond donors (Lipinski definition) is 3. The van der Waals surface area contributed by atoms with Gasteiger partial charge in [-0.25, -0.2) is 4.68 Å². The Morgan fingerprint density at radius 2 is 2.10 bits per heavy atom. The van der Waals surface area contributed by atoms with E-state index in [0.717, 1.165) is 32.1 Å². The maximum absolute atomic E-state index is 10.3. The molecule has 1 aromatic rings. The van der Waals surface area contributed by atoms with Gasteiger partial charge in [-0.05, 0) is 26.7 Å². The van der Waals surface area contributed by atoms with Crippen LogP contribution in [0.5, 0.6) is 0 Å². The SMILES string of the molecule is CC(C)Nc1nn(C2CCCCCC2O)c(N)c1C#N. The van der Waals surface area contributed by atoms with Crippen molar-refractivity contribution in [1.29, 1.82) is 5.26 Å². The molecule has 1 aliphatic carbocycles. The van der Waals surface area contributed by atoms with Crippen LogP contribution in [0.15, 0.2) is 0 Å². The number of nitriles is 1. The lowest BCUT2D eigenvalue weighted by Crippen LogP contribution is -2.25. The van der Waals surface area contributed by atoms with E-state index in [1.54, 1.807) is 4.68 Å². The minimum absolute atomic E-state index is 0.132. The second-order valence-electron chi connectivity index (χ2n) is 5.74. The molecule has 0 radical (unpaired) electrons. The van der Waals surface area contributed by atoms with Crippen molar-refractivity contribution in [1.82, 2.24) is 9.78 Å². The fourth-order valence-electron chi connectivity index (χ4n) is 2.74. The highest BCUT2D eigenvalue weighted by molar-refractivity contribution is 5.64. The van der Waals surface area contributed by atoms with Gasteiger partial charge in [0.25, 0.3) is 0 Å². The number of aliphatic hydroxyl groups excluding tert-OH is 1. The molecule has 0 spiro atoms. The van der Waals surface area contributed by atoms with Gasteiger partial charge in [0.15, 0.2) is 5.82 Å². The maximum Gasteiger partial charge on any atom is 0.168 e. The van der Waals surface area contributed by atoms with Gasteiger partial charge in [0.1, 0.15) is 17.5 Å². The van der Waals surface area contributed by atoms with E-state index in [0.29, 0.717) is 17.2 Å². The quantitative estimate of drug-likeness (QED) is 0.734. The minimum Gasteiger partial charge on any atom is -0.391 e. The molecule has 0 aliphatic heterocycles. The van der Waals surface area contributed by atoms with Crippen LogP contribution in [0, 0.1) is 11.3 Å². The summed E-state index contributed by atoms with van der Waals surface area (Å²) in [4.78, 5) is 0. The van der Waals surface area contributed by atoms with E-state index in [1.807, 2.05) is 13.8 Å². The molecule has 0 amide bonds. The number of nitrogens with one attached hydrogen (secondary N) is 1. The summed E-state index contributed by atoms with van der Waals surface area (Å²) in [6.45, 7) is 3.97. The largest absolute Gasteiger partial charge is 0.391 e. The molecule has 1 heterocycles. The highest BCUT2D eigenvalue weighted by Gasteiger charge is 2.28. The van der Waals surface area contributed by atoms with E-state index in [1.165, 1.54) is 0 Å². The molecule has 6 heteroatoms. The predicted octanol–water partition coefficient (Wildman–Crippen LogP) is 2.02. The van der Waals surface area contributed by atoms with E-state index in [2.05, 4.69) is 16.5 Å². The van der Waals surface area contributed by atoms with Crippen molar-refractivity contribution < 1.29 is 5.11 Å². The molecule has 1 fully saturated rings. The smallest absolute Gasteiger partial charge is 0.168 e. The third kappa shape index (κ3) is 2.88. The molecule has 2 atom stereocenters. The zero-order chi connectivity index (χ0) is 14.7. The summed E-state index contributed by atoms with van der Waals surface area (Å²) in [5.41, 5.74) is 6.43. The monoisotopic (exact) mass is 277 g/mol. The van der Waals surface area contributed by atoms with Crippen molar-refractivity contribution in [3.63, 3.8) is 0 Å². The van der Waals surface area contributed by atoms with Crippen LogP contribution in [0.2, 0.25) is 0 Å². The topological polar surface area (TPSA) is 99.9 Å². The van der Waals surface area contributed by atoms with Crippen LogP contribution in [0.1, 0.15) is 57.6 Å². The normalized spacial score (nSPS) is 23.4. The minimum atomic E-state index is -0.446. The van der Waals surface area contributed by atoms with Crippen LogP contribution in [0.4, 0.5) is 11.6 Å². The van der Waals surface area contributed by atoms with E-state index >= 15 is 0 Å². The molecule has 0 bridgehead atoms. The number of aliphatic hydroxyl groups is 1. The van der Waals surface area contributed by atoms with Crippen molar-refractivity contribution in [3.8, 4) is 6.07 Å². The average Bonchev–Trinajstić information content (AvgIpc) is 2.56. The van der Waals surface area contributed by atoms with Crippen molar-refractivity contribution in [2.24, 2.45) is 0 Å². The van der Waals surface area contributed by atoms with Gasteiger partial charge in [-0.1, -0.05) is 19.3 Å².